The van der Waals surface area contributed by atoms with E-state index in [9.17, 15) is 14.4 Å². The smallest absolute Gasteiger partial charge is 0.323 e. The van der Waals surface area contributed by atoms with Crippen molar-refractivity contribution in [2.24, 2.45) is 0 Å². The summed E-state index contributed by atoms with van der Waals surface area (Å²) in [6, 6.07) is 8.71. The van der Waals surface area contributed by atoms with Gasteiger partial charge in [0.25, 0.3) is 5.91 Å². The number of amides is 4. The Bertz CT molecular complexity index is 868. The summed E-state index contributed by atoms with van der Waals surface area (Å²) in [6.07, 6.45) is 4.76. The lowest BCUT2D eigenvalue weighted by Crippen LogP contribution is -2.44. The second-order valence-corrected chi connectivity index (χ2v) is 6.54. The second-order valence-electron chi connectivity index (χ2n) is 6.54. The minimum absolute atomic E-state index is 0.291. The van der Waals surface area contributed by atoms with Crippen molar-refractivity contribution in [1.82, 2.24) is 15.2 Å². The first-order valence-electron chi connectivity index (χ1n) is 8.37. The third-order valence-electron chi connectivity index (χ3n) is 4.91. The standard InChI is InChI=1S/C18H18N4O3/c23-14(20-13-7-3-5-12-6-4-10-19-15(12)13)11-22-16(24)18(21-17(22)25)8-1-2-9-18/h3-7,10H,1-2,8-9,11H2,(H,20,23)(H,21,25). The summed E-state index contributed by atoms with van der Waals surface area (Å²) in [5, 5.41) is 6.43. The molecule has 2 fully saturated rings. The Balaban J connectivity index is 1.51. The summed E-state index contributed by atoms with van der Waals surface area (Å²) >= 11 is 0. The number of hydrogen-bond donors (Lipinski definition) is 2. The highest BCUT2D eigenvalue weighted by atomic mass is 16.2. The van der Waals surface area contributed by atoms with Gasteiger partial charge < -0.3 is 10.6 Å². The lowest BCUT2D eigenvalue weighted by molar-refractivity contribution is -0.133. The van der Waals surface area contributed by atoms with E-state index in [-0.39, 0.29) is 12.5 Å². The van der Waals surface area contributed by atoms with E-state index in [4.69, 9.17) is 0 Å². The average Bonchev–Trinajstić information content (AvgIpc) is 3.16. The first-order chi connectivity index (χ1) is 12.1. The Morgan fingerprint density at radius 2 is 1.96 bits per heavy atom. The fourth-order valence-corrected chi connectivity index (χ4v) is 3.68. The minimum atomic E-state index is -0.793. The van der Waals surface area contributed by atoms with Crippen LogP contribution in [0.5, 0.6) is 0 Å². The van der Waals surface area contributed by atoms with Gasteiger partial charge in [0.15, 0.2) is 0 Å². The van der Waals surface area contributed by atoms with Crippen molar-refractivity contribution in [3.63, 3.8) is 0 Å². The molecule has 2 aliphatic rings. The van der Waals surface area contributed by atoms with Crippen LogP contribution in [0.4, 0.5) is 10.5 Å². The number of anilines is 1. The van der Waals surface area contributed by atoms with Crippen LogP contribution in [-0.4, -0.2) is 39.8 Å². The van der Waals surface area contributed by atoms with Gasteiger partial charge in [-0.25, -0.2) is 4.79 Å². The van der Waals surface area contributed by atoms with Gasteiger partial charge in [-0.3, -0.25) is 19.5 Å². The molecule has 4 rings (SSSR count). The molecule has 0 atom stereocenters. The highest BCUT2D eigenvalue weighted by Gasteiger charge is 2.52. The van der Waals surface area contributed by atoms with Crippen molar-refractivity contribution in [3.05, 3.63) is 36.5 Å². The molecule has 1 aromatic carbocycles. The van der Waals surface area contributed by atoms with Crippen LogP contribution in [0.3, 0.4) is 0 Å². The van der Waals surface area contributed by atoms with Crippen LogP contribution in [-0.2, 0) is 9.59 Å². The van der Waals surface area contributed by atoms with E-state index in [1.807, 2.05) is 24.3 Å². The van der Waals surface area contributed by atoms with Crippen molar-refractivity contribution in [2.75, 3.05) is 11.9 Å². The lowest BCUT2D eigenvalue weighted by atomic mass is 9.98. The van der Waals surface area contributed by atoms with Gasteiger partial charge in [0, 0.05) is 11.6 Å². The number of aromatic nitrogens is 1. The third kappa shape index (κ3) is 2.61. The monoisotopic (exact) mass is 338 g/mol. The highest BCUT2D eigenvalue weighted by molar-refractivity contribution is 6.11. The summed E-state index contributed by atoms with van der Waals surface area (Å²) in [5.74, 6) is -0.710. The number of rotatable bonds is 3. The first kappa shape index (κ1) is 15.6. The molecular weight excluding hydrogens is 320 g/mol. The Morgan fingerprint density at radius 1 is 1.20 bits per heavy atom. The van der Waals surface area contributed by atoms with Gasteiger partial charge in [-0.15, -0.1) is 0 Å². The number of para-hydroxylation sites is 1. The van der Waals surface area contributed by atoms with Gasteiger partial charge in [0.1, 0.15) is 12.1 Å². The molecule has 0 radical (unpaired) electrons. The molecule has 1 spiro atoms. The molecule has 1 saturated carbocycles. The summed E-state index contributed by atoms with van der Waals surface area (Å²) in [5.41, 5.74) is 0.437. The number of hydrogen-bond acceptors (Lipinski definition) is 4. The van der Waals surface area contributed by atoms with Crippen LogP contribution in [0.15, 0.2) is 36.5 Å². The molecule has 0 bridgehead atoms. The zero-order valence-electron chi connectivity index (χ0n) is 13.6. The van der Waals surface area contributed by atoms with Gasteiger partial charge >= 0.3 is 6.03 Å². The Kier molecular flexibility index (Phi) is 3.63. The number of pyridine rings is 1. The van der Waals surface area contributed by atoms with E-state index in [2.05, 4.69) is 15.6 Å². The maximum atomic E-state index is 12.6. The van der Waals surface area contributed by atoms with Crippen molar-refractivity contribution in [1.29, 1.82) is 0 Å². The molecule has 7 heteroatoms. The quantitative estimate of drug-likeness (QED) is 0.838. The highest BCUT2D eigenvalue weighted by Crippen LogP contribution is 2.35. The normalized spacial score (nSPS) is 18.8. The number of imide groups is 1. The Labute approximate surface area is 144 Å². The molecule has 1 aliphatic carbocycles. The summed E-state index contributed by atoms with van der Waals surface area (Å²) in [7, 11) is 0. The molecule has 1 saturated heterocycles. The number of carbonyl (C=O) groups is 3. The molecular formula is C18H18N4O3. The fraction of sp³-hybridized carbons (Fsp3) is 0.333. The third-order valence-corrected chi connectivity index (χ3v) is 4.91. The number of nitrogens with zero attached hydrogens (tertiary/aromatic N) is 2. The van der Waals surface area contributed by atoms with Crippen LogP contribution in [0.1, 0.15) is 25.7 Å². The predicted octanol–water partition coefficient (Wildman–Crippen LogP) is 2.04. The number of nitrogens with one attached hydrogen (secondary N) is 2. The van der Waals surface area contributed by atoms with Crippen molar-refractivity contribution in [2.45, 2.75) is 31.2 Å². The van der Waals surface area contributed by atoms with Crippen LogP contribution >= 0.6 is 0 Å². The van der Waals surface area contributed by atoms with E-state index in [1.165, 1.54) is 0 Å². The Morgan fingerprint density at radius 3 is 2.76 bits per heavy atom. The predicted molar refractivity (Wildman–Crippen MR) is 91.8 cm³/mol. The van der Waals surface area contributed by atoms with E-state index in [0.717, 1.165) is 23.1 Å². The molecule has 2 N–H and O–H groups in total. The second kappa shape index (κ2) is 5.84. The van der Waals surface area contributed by atoms with Crippen LogP contribution in [0.2, 0.25) is 0 Å². The van der Waals surface area contributed by atoms with Crippen LogP contribution in [0, 0.1) is 0 Å². The molecule has 0 unspecified atom stereocenters. The van der Waals surface area contributed by atoms with E-state index in [1.54, 1.807) is 12.3 Å². The van der Waals surface area contributed by atoms with E-state index >= 15 is 0 Å². The average molecular weight is 338 g/mol. The van der Waals surface area contributed by atoms with Gasteiger partial charge in [0.2, 0.25) is 5.91 Å². The van der Waals surface area contributed by atoms with Crippen LogP contribution in [0.25, 0.3) is 10.9 Å². The zero-order valence-corrected chi connectivity index (χ0v) is 13.6. The molecule has 128 valence electrons. The molecule has 1 aliphatic heterocycles. The van der Waals surface area contributed by atoms with Gasteiger partial charge in [-0.05, 0) is 25.0 Å². The summed E-state index contributed by atoms with van der Waals surface area (Å²) in [4.78, 5) is 42.4. The van der Waals surface area contributed by atoms with Crippen molar-refractivity contribution in [3.8, 4) is 0 Å². The largest absolute Gasteiger partial charge is 0.325 e. The van der Waals surface area contributed by atoms with E-state index in [0.29, 0.717) is 24.0 Å². The van der Waals surface area contributed by atoms with Gasteiger partial charge in [-0.1, -0.05) is 31.0 Å². The van der Waals surface area contributed by atoms with Crippen molar-refractivity contribution >= 4 is 34.4 Å². The van der Waals surface area contributed by atoms with E-state index < -0.39 is 17.5 Å². The molecule has 25 heavy (non-hydrogen) atoms. The molecule has 2 heterocycles. The van der Waals surface area contributed by atoms with Gasteiger partial charge in [0.05, 0.1) is 11.2 Å². The maximum Gasteiger partial charge on any atom is 0.325 e. The number of benzene rings is 1. The summed E-state index contributed by atoms with van der Waals surface area (Å²) in [6.45, 7) is -0.296. The Hall–Kier alpha value is -2.96. The number of fused-ring (bicyclic) bond motifs is 1. The number of urea groups is 1. The van der Waals surface area contributed by atoms with Gasteiger partial charge in [-0.2, -0.15) is 0 Å². The molecule has 4 amide bonds. The topological polar surface area (TPSA) is 91.4 Å². The maximum absolute atomic E-state index is 12.6. The first-order valence-corrected chi connectivity index (χ1v) is 8.37. The van der Waals surface area contributed by atoms with Crippen molar-refractivity contribution < 1.29 is 14.4 Å². The summed E-state index contributed by atoms with van der Waals surface area (Å²) < 4.78 is 0. The zero-order chi connectivity index (χ0) is 17.4. The van der Waals surface area contributed by atoms with Crippen LogP contribution < -0.4 is 10.6 Å². The SMILES string of the molecule is O=C(CN1C(=O)NC2(CCCC2)C1=O)Nc1cccc2cccnc12. The number of carbonyl (C=O) groups excluding carboxylic acids is 3. The fourth-order valence-electron chi connectivity index (χ4n) is 3.68. The molecule has 2 aromatic rings. The minimum Gasteiger partial charge on any atom is -0.323 e. The molecule has 1 aromatic heterocycles. The lowest BCUT2D eigenvalue weighted by Gasteiger charge is -2.19. The molecule has 7 nitrogen and oxygen atoms in total.